The van der Waals surface area contributed by atoms with Gasteiger partial charge in [0.2, 0.25) is 0 Å². The highest BCUT2D eigenvalue weighted by Gasteiger charge is 2.20. The number of halogens is 1. The van der Waals surface area contributed by atoms with Crippen molar-refractivity contribution in [2.45, 2.75) is 32.7 Å². The summed E-state index contributed by atoms with van der Waals surface area (Å²) >= 11 is 3.47. The van der Waals surface area contributed by atoms with E-state index in [-0.39, 0.29) is 0 Å². The molecule has 1 aliphatic carbocycles. The lowest BCUT2D eigenvalue weighted by atomic mass is 10.0. The summed E-state index contributed by atoms with van der Waals surface area (Å²) in [5.41, 5.74) is 2.77. The summed E-state index contributed by atoms with van der Waals surface area (Å²) in [6, 6.07) is 9.28. The number of rotatable bonds is 5. The number of nitrogens with one attached hydrogen (secondary N) is 1. The largest absolute Gasteiger partial charge is 0.310 e. The molecule has 0 aromatic heterocycles. The lowest BCUT2D eigenvalue weighted by Crippen LogP contribution is -2.21. The van der Waals surface area contributed by atoms with Crippen LogP contribution in [0.3, 0.4) is 0 Å². The number of hydrogen-bond acceptors (Lipinski definition) is 1. The summed E-state index contributed by atoms with van der Waals surface area (Å²) in [4.78, 5) is 0. The van der Waals surface area contributed by atoms with Gasteiger partial charge in [0, 0.05) is 17.1 Å². The Morgan fingerprint density at radius 2 is 2.00 bits per heavy atom. The zero-order valence-electron chi connectivity index (χ0n) is 10.5. The Morgan fingerprint density at radius 1 is 1.35 bits per heavy atom. The van der Waals surface area contributed by atoms with Crippen LogP contribution in [0.5, 0.6) is 0 Å². The maximum atomic E-state index is 3.59. The van der Waals surface area contributed by atoms with E-state index in [0.29, 0.717) is 5.92 Å². The molecule has 0 atom stereocenters. The molecular weight excluding hydrogens is 274 g/mol. The van der Waals surface area contributed by atoms with Crippen LogP contribution in [0.2, 0.25) is 0 Å². The van der Waals surface area contributed by atoms with E-state index in [1.807, 2.05) is 0 Å². The third-order valence-electron chi connectivity index (χ3n) is 3.14. The van der Waals surface area contributed by atoms with E-state index in [9.17, 15) is 0 Å². The number of hydrogen-bond donors (Lipinski definition) is 1. The monoisotopic (exact) mass is 293 g/mol. The van der Waals surface area contributed by atoms with Crippen molar-refractivity contribution in [2.24, 2.45) is 5.92 Å². The van der Waals surface area contributed by atoms with Gasteiger partial charge in [0.25, 0.3) is 0 Å². The van der Waals surface area contributed by atoms with Crippen molar-refractivity contribution in [2.75, 3.05) is 6.54 Å². The van der Waals surface area contributed by atoms with E-state index in [4.69, 9.17) is 0 Å². The zero-order chi connectivity index (χ0) is 12.3. The average molecular weight is 294 g/mol. The first kappa shape index (κ1) is 12.8. The maximum Gasteiger partial charge on any atom is 0.0175 e. The highest BCUT2D eigenvalue weighted by Crippen LogP contribution is 2.21. The molecule has 0 bridgehead atoms. The second-order valence-corrected chi connectivity index (χ2v) is 6.00. The Bertz CT molecular complexity index is 388. The van der Waals surface area contributed by atoms with Crippen molar-refractivity contribution in [1.29, 1.82) is 0 Å². The molecule has 1 saturated carbocycles. The Balaban J connectivity index is 2.04. The predicted octanol–water partition coefficient (Wildman–Crippen LogP) is 4.24. The molecule has 0 heterocycles. The Kier molecular flexibility index (Phi) is 4.41. The van der Waals surface area contributed by atoms with Gasteiger partial charge in [-0.05, 0) is 36.5 Å². The van der Waals surface area contributed by atoms with Crippen LogP contribution in [-0.4, -0.2) is 12.6 Å². The van der Waals surface area contributed by atoms with Crippen LogP contribution in [0.1, 0.15) is 32.3 Å². The molecule has 2 heteroatoms. The molecular formula is C15H20BrN. The molecule has 17 heavy (non-hydrogen) atoms. The molecule has 1 aromatic rings. The zero-order valence-corrected chi connectivity index (χ0v) is 12.1. The van der Waals surface area contributed by atoms with Gasteiger partial charge >= 0.3 is 0 Å². The molecule has 2 rings (SSSR count). The van der Waals surface area contributed by atoms with Crippen LogP contribution in [0, 0.1) is 5.92 Å². The summed E-state index contributed by atoms with van der Waals surface area (Å²) in [6.07, 6.45) is 5.01. The van der Waals surface area contributed by atoms with Gasteiger partial charge in [-0.3, -0.25) is 0 Å². The minimum absolute atomic E-state index is 0.602. The topological polar surface area (TPSA) is 12.0 Å². The van der Waals surface area contributed by atoms with Gasteiger partial charge in [-0.1, -0.05) is 53.6 Å². The fourth-order valence-electron chi connectivity index (χ4n) is 1.74. The second kappa shape index (κ2) is 5.83. The molecule has 0 radical (unpaired) electrons. The first-order chi connectivity index (χ1) is 8.15. The highest BCUT2D eigenvalue weighted by atomic mass is 79.9. The van der Waals surface area contributed by atoms with Gasteiger partial charge in [0.15, 0.2) is 0 Å². The molecule has 1 N–H and O–H groups in total. The standard InChI is InChI=1S/C15H20BrN/c1-11(2)13(10-17-15-7-8-15)9-12-3-5-14(16)6-4-12/h3-6,9,11,15,17H,7-8,10H2,1-2H3. The Morgan fingerprint density at radius 3 is 2.53 bits per heavy atom. The average Bonchev–Trinajstić information content (AvgIpc) is 3.10. The van der Waals surface area contributed by atoms with E-state index in [0.717, 1.165) is 17.1 Å². The van der Waals surface area contributed by atoms with Gasteiger partial charge in [-0.25, -0.2) is 0 Å². The van der Waals surface area contributed by atoms with Crippen molar-refractivity contribution in [3.63, 3.8) is 0 Å². The molecule has 1 fully saturated rings. The lowest BCUT2D eigenvalue weighted by molar-refractivity contribution is 0.662. The van der Waals surface area contributed by atoms with Crippen LogP contribution in [0.25, 0.3) is 6.08 Å². The summed E-state index contributed by atoms with van der Waals surface area (Å²) < 4.78 is 1.14. The maximum absolute atomic E-state index is 3.59. The van der Waals surface area contributed by atoms with E-state index < -0.39 is 0 Å². The SMILES string of the molecule is CC(C)C(=Cc1ccc(Br)cc1)CNC1CC1. The molecule has 1 aliphatic rings. The molecule has 92 valence electrons. The molecule has 0 unspecified atom stereocenters. The fourth-order valence-corrected chi connectivity index (χ4v) is 2.01. The summed E-state index contributed by atoms with van der Waals surface area (Å²) in [6.45, 7) is 5.55. The van der Waals surface area contributed by atoms with Crippen LogP contribution < -0.4 is 5.32 Å². The van der Waals surface area contributed by atoms with Crippen molar-refractivity contribution in [3.8, 4) is 0 Å². The third kappa shape index (κ3) is 4.29. The Hall–Kier alpha value is -0.600. The lowest BCUT2D eigenvalue weighted by Gasteiger charge is -2.12. The summed E-state index contributed by atoms with van der Waals surface area (Å²) in [5.74, 6) is 0.602. The summed E-state index contributed by atoms with van der Waals surface area (Å²) in [7, 11) is 0. The normalized spacial score (nSPS) is 16.6. The van der Waals surface area contributed by atoms with Crippen LogP contribution in [0.15, 0.2) is 34.3 Å². The summed E-state index contributed by atoms with van der Waals surface area (Å²) in [5, 5.41) is 3.59. The first-order valence-electron chi connectivity index (χ1n) is 6.34. The molecule has 1 nitrogen and oxygen atoms in total. The third-order valence-corrected chi connectivity index (χ3v) is 3.66. The van der Waals surface area contributed by atoms with Crippen molar-refractivity contribution >= 4 is 22.0 Å². The van der Waals surface area contributed by atoms with Crippen LogP contribution in [-0.2, 0) is 0 Å². The van der Waals surface area contributed by atoms with Crippen molar-refractivity contribution in [1.82, 2.24) is 5.32 Å². The van der Waals surface area contributed by atoms with Gasteiger partial charge in [-0.2, -0.15) is 0 Å². The van der Waals surface area contributed by atoms with E-state index in [1.54, 1.807) is 0 Å². The quantitative estimate of drug-likeness (QED) is 0.856. The molecule has 1 aromatic carbocycles. The molecule has 0 aliphatic heterocycles. The van der Waals surface area contributed by atoms with Gasteiger partial charge in [0.1, 0.15) is 0 Å². The van der Waals surface area contributed by atoms with Crippen LogP contribution >= 0.6 is 15.9 Å². The number of benzene rings is 1. The second-order valence-electron chi connectivity index (χ2n) is 5.08. The molecule has 0 saturated heterocycles. The smallest absolute Gasteiger partial charge is 0.0175 e. The van der Waals surface area contributed by atoms with Crippen molar-refractivity contribution < 1.29 is 0 Å². The van der Waals surface area contributed by atoms with Crippen LogP contribution in [0.4, 0.5) is 0 Å². The van der Waals surface area contributed by atoms with E-state index in [1.165, 1.54) is 24.0 Å². The Labute approximate surface area is 112 Å². The van der Waals surface area contributed by atoms with Gasteiger partial charge in [0.05, 0.1) is 0 Å². The van der Waals surface area contributed by atoms with Gasteiger partial charge in [-0.15, -0.1) is 0 Å². The minimum atomic E-state index is 0.602. The fraction of sp³-hybridized carbons (Fsp3) is 0.467. The van der Waals surface area contributed by atoms with E-state index in [2.05, 4.69) is 65.4 Å². The first-order valence-corrected chi connectivity index (χ1v) is 7.14. The molecule has 0 spiro atoms. The molecule has 0 amide bonds. The van der Waals surface area contributed by atoms with Crippen molar-refractivity contribution in [3.05, 3.63) is 39.9 Å². The highest BCUT2D eigenvalue weighted by molar-refractivity contribution is 9.10. The predicted molar refractivity (Wildman–Crippen MR) is 78.0 cm³/mol. The minimum Gasteiger partial charge on any atom is -0.310 e. The van der Waals surface area contributed by atoms with Gasteiger partial charge < -0.3 is 5.32 Å². The van der Waals surface area contributed by atoms with E-state index >= 15 is 0 Å².